The van der Waals surface area contributed by atoms with Crippen LogP contribution in [-0.2, 0) is 4.79 Å². The first-order valence-corrected chi connectivity index (χ1v) is 6.71. The van der Waals surface area contributed by atoms with Crippen LogP contribution in [0, 0.1) is 11.3 Å². The molecule has 1 fully saturated rings. The number of nitrogens with one attached hydrogen (secondary N) is 2. The molecule has 0 spiro atoms. The van der Waals surface area contributed by atoms with Crippen LogP contribution in [0.25, 0.3) is 0 Å². The molecule has 0 radical (unpaired) electrons. The maximum absolute atomic E-state index is 10.4. The number of aliphatic carboxylic acids is 1. The molecule has 0 aliphatic carbocycles. The molecule has 1 aliphatic heterocycles. The molecule has 1 saturated heterocycles. The van der Waals surface area contributed by atoms with Gasteiger partial charge in [0.15, 0.2) is 0 Å². The summed E-state index contributed by atoms with van der Waals surface area (Å²) in [5.41, 5.74) is 5.36. The fourth-order valence-corrected chi connectivity index (χ4v) is 2.07. The van der Waals surface area contributed by atoms with E-state index in [1.807, 2.05) is 0 Å². The van der Waals surface area contributed by atoms with Gasteiger partial charge in [0, 0.05) is 13.1 Å². The van der Waals surface area contributed by atoms with Crippen LogP contribution in [0.15, 0.2) is 23.2 Å². The third-order valence-corrected chi connectivity index (χ3v) is 3.07. The maximum atomic E-state index is 10.4. The quantitative estimate of drug-likeness (QED) is 0.541. The lowest BCUT2D eigenvalue weighted by Crippen LogP contribution is -2.26. The summed E-state index contributed by atoms with van der Waals surface area (Å²) in [5, 5.41) is 22.5. The lowest BCUT2D eigenvalue weighted by Gasteiger charge is -2.20. The molecular formula is C14H17N5O2. The highest BCUT2D eigenvalue weighted by molar-refractivity contribution is 5.84. The Morgan fingerprint density at radius 3 is 2.86 bits per heavy atom. The number of hydrazine groups is 1. The van der Waals surface area contributed by atoms with E-state index in [-0.39, 0.29) is 6.54 Å². The SMILES string of the molecule is N#Cc1ccc(NC=NCC(=O)O)c(NN2CCCC2)c1. The molecule has 1 heterocycles. The van der Waals surface area contributed by atoms with Gasteiger partial charge >= 0.3 is 5.97 Å². The zero-order valence-electron chi connectivity index (χ0n) is 11.5. The van der Waals surface area contributed by atoms with Gasteiger partial charge in [-0.1, -0.05) is 0 Å². The molecule has 1 aromatic carbocycles. The van der Waals surface area contributed by atoms with Crippen molar-refractivity contribution < 1.29 is 9.90 Å². The second kappa shape index (κ2) is 7.26. The van der Waals surface area contributed by atoms with Crippen LogP contribution >= 0.6 is 0 Å². The van der Waals surface area contributed by atoms with Gasteiger partial charge in [-0.3, -0.25) is 9.79 Å². The number of hydrogen-bond acceptors (Lipinski definition) is 5. The van der Waals surface area contributed by atoms with E-state index in [9.17, 15) is 4.79 Å². The van der Waals surface area contributed by atoms with Crippen molar-refractivity contribution in [2.75, 3.05) is 30.4 Å². The Morgan fingerprint density at radius 1 is 1.43 bits per heavy atom. The number of nitrogens with zero attached hydrogens (tertiary/aromatic N) is 3. The number of hydrogen-bond donors (Lipinski definition) is 3. The number of nitriles is 1. The maximum Gasteiger partial charge on any atom is 0.325 e. The van der Waals surface area contributed by atoms with Crippen LogP contribution in [0.4, 0.5) is 11.4 Å². The Kier molecular flexibility index (Phi) is 5.12. The summed E-state index contributed by atoms with van der Waals surface area (Å²) < 4.78 is 0. The van der Waals surface area contributed by atoms with Crippen LogP contribution in [-0.4, -0.2) is 42.1 Å². The summed E-state index contributed by atoms with van der Waals surface area (Å²) in [5.74, 6) is -0.983. The van der Waals surface area contributed by atoms with E-state index in [1.165, 1.54) is 6.34 Å². The van der Waals surface area contributed by atoms with E-state index in [1.54, 1.807) is 18.2 Å². The van der Waals surface area contributed by atoms with Crippen LogP contribution in [0.2, 0.25) is 0 Å². The third-order valence-electron chi connectivity index (χ3n) is 3.07. The van der Waals surface area contributed by atoms with Crippen molar-refractivity contribution in [2.24, 2.45) is 4.99 Å². The van der Waals surface area contributed by atoms with Gasteiger partial charge in [0.2, 0.25) is 0 Å². The predicted molar refractivity (Wildman–Crippen MR) is 80.2 cm³/mol. The van der Waals surface area contributed by atoms with Gasteiger partial charge in [0.05, 0.1) is 29.3 Å². The van der Waals surface area contributed by atoms with Crippen molar-refractivity contribution in [1.82, 2.24) is 5.01 Å². The largest absolute Gasteiger partial charge is 0.480 e. The van der Waals surface area contributed by atoms with Gasteiger partial charge < -0.3 is 15.8 Å². The van der Waals surface area contributed by atoms with Gasteiger partial charge in [0.1, 0.15) is 6.54 Å². The zero-order chi connectivity index (χ0) is 15.1. The van der Waals surface area contributed by atoms with Crippen molar-refractivity contribution in [1.29, 1.82) is 5.26 Å². The minimum atomic E-state index is -0.983. The normalized spacial score (nSPS) is 15.0. The lowest BCUT2D eigenvalue weighted by molar-refractivity contribution is -0.135. The number of carboxylic acid groups (broad SMARTS) is 1. The molecule has 3 N–H and O–H groups in total. The van der Waals surface area contributed by atoms with Gasteiger partial charge in [0.25, 0.3) is 0 Å². The second-order valence-electron chi connectivity index (χ2n) is 4.69. The van der Waals surface area contributed by atoms with Crippen molar-refractivity contribution in [3.63, 3.8) is 0 Å². The zero-order valence-corrected chi connectivity index (χ0v) is 11.5. The standard InChI is InChI=1S/C14H17N5O2/c15-8-11-3-4-12(17-10-16-9-14(20)21)13(7-11)18-19-5-1-2-6-19/h3-4,7,10,18H,1-2,5-6,9H2,(H,16,17)(H,20,21). The average molecular weight is 287 g/mol. The summed E-state index contributed by atoms with van der Waals surface area (Å²) in [4.78, 5) is 14.1. The van der Waals surface area contributed by atoms with E-state index in [2.05, 4.69) is 26.8 Å². The highest BCUT2D eigenvalue weighted by atomic mass is 16.4. The third kappa shape index (κ3) is 4.47. The summed E-state index contributed by atoms with van der Waals surface area (Å²) in [6.07, 6.45) is 3.65. The molecule has 1 aromatic rings. The molecule has 0 unspecified atom stereocenters. The van der Waals surface area contributed by atoms with E-state index >= 15 is 0 Å². The molecule has 1 aliphatic rings. The first-order chi connectivity index (χ1) is 10.2. The van der Waals surface area contributed by atoms with Gasteiger partial charge in [-0.25, -0.2) is 5.01 Å². The Balaban J connectivity index is 2.09. The topological polar surface area (TPSA) is 101 Å². The Hall–Kier alpha value is -2.59. The van der Waals surface area contributed by atoms with E-state index in [0.717, 1.165) is 37.3 Å². The van der Waals surface area contributed by atoms with Crippen molar-refractivity contribution in [2.45, 2.75) is 12.8 Å². The molecule has 0 bridgehead atoms. The van der Waals surface area contributed by atoms with Crippen LogP contribution < -0.4 is 10.7 Å². The first-order valence-electron chi connectivity index (χ1n) is 6.71. The molecular weight excluding hydrogens is 270 g/mol. The van der Waals surface area contributed by atoms with Gasteiger partial charge in [-0.15, -0.1) is 0 Å². The monoisotopic (exact) mass is 287 g/mol. The number of carboxylic acids is 1. The minimum Gasteiger partial charge on any atom is -0.480 e. The Bertz CT molecular complexity index is 573. The molecule has 7 nitrogen and oxygen atoms in total. The Labute approximate surface area is 122 Å². The lowest BCUT2D eigenvalue weighted by atomic mass is 10.2. The molecule has 2 rings (SSSR count). The summed E-state index contributed by atoms with van der Waals surface area (Å²) in [7, 11) is 0. The molecule has 0 amide bonds. The summed E-state index contributed by atoms with van der Waals surface area (Å²) >= 11 is 0. The molecule has 0 aromatic heterocycles. The van der Waals surface area contributed by atoms with Crippen molar-refractivity contribution in [3.8, 4) is 6.07 Å². The van der Waals surface area contributed by atoms with Crippen molar-refractivity contribution >= 4 is 23.7 Å². The predicted octanol–water partition coefficient (Wildman–Crippen LogP) is 1.51. The fraction of sp³-hybridized carbons (Fsp3) is 0.357. The van der Waals surface area contributed by atoms with Gasteiger partial charge in [-0.2, -0.15) is 5.26 Å². The van der Waals surface area contributed by atoms with Crippen LogP contribution in [0.1, 0.15) is 18.4 Å². The van der Waals surface area contributed by atoms with Crippen molar-refractivity contribution in [3.05, 3.63) is 23.8 Å². The highest BCUT2D eigenvalue weighted by Crippen LogP contribution is 2.24. The number of carbonyl (C=O) groups is 1. The molecule has 21 heavy (non-hydrogen) atoms. The average Bonchev–Trinajstić information content (AvgIpc) is 2.97. The highest BCUT2D eigenvalue weighted by Gasteiger charge is 2.13. The second-order valence-corrected chi connectivity index (χ2v) is 4.69. The van der Waals surface area contributed by atoms with Crippen LogP contribution in [0.3, 0.4) is 0 Å². The number of anilines is 2. The smallest absolute Gasteiger partial charge is 0.325 e. The number of rotatable bonds is 6. The summed E-state index contributed by atoms with van der Waals surface area (Å²) in [6, 6.07) is 7.32. The van der Waals surface area contributed by atoms with E-state index in [4.69, 9.17) is 10.4 Å². The summed E-state index contributed by atoms with van der Waals surface area (Å²) in [6.45, 7) is 1.64. The van der Waals surface area contributed by atoms with Crippen LogP contribution in [0.5, 0.6) is 0 Å². The molecule has 0 atom stereocenters. The molecule has 7 heteroatoms. The number of aliphatic imine (C=N–C) groups is 1. The minimum absolute atomic E-state index is 0.280. The first kappa shape index (κ1) is 14.8. The van der Waals surface area contributed by atoms with Gasteiger partial charge in [-0.05, 0) is 31.0 Å². The number of benzene rings is 1. The fourth-order valence-electron chi connectivity index (χ4n) is 2.07. The Morgan fingerprint density at radius 2 is 2.19 bits per heavy atom. The molecule has 110 valence electrons. The van der Waals surface area contributed by atoms with E-state index < -0.39 is 5.97 Å². The molecule has 0 saturated carbocycles. The van der Waals surface area contributed by atoms with E-state index in [0.29, 0.717) is 5.56 Å².